The molecule has 1 heterocycles. The summed E-state index contributed by atoms with van der Waals surface area (Å²) in [5, 5.41) is 6.97. The molecule has 0 unspecified atom stereocenters. The molecule has 0 aliphatic rings. The molecule has 1 aromatic carbocycles. The highest BCUT2D eigenvalue weighted by atomic mass is 35.5. The van der Waals surface area contributed by atoms with Crippen LogP contribution in [0.2, 0.25) is 5.02 Å². The molecular weight excluding hydrogens is 430 g/mol. The molecule has 0 bridgehead atoms. The molecule has 0 radical (unpaired) electrons. The van der Waals surface area contributed by atoms with E-state index in [-0.39, 0.29) is 10.9 Å². The van der Waals surface area contributed by atoms with Gasteiger partial charge in [0.25, 0.3) is 5.16 Å². The zero-order valence-corrected chi connectivity index (χ0v) is 20.5. The van der Waals surface area contributed by atoms with Gasteiger partial charge in [-0.05, 0) is 18.6 Å². The van der Waals surface area contributed by atoms with E-state index in [2.05, 4.69) is 22.1 Å². The van der Waals surface area contributed by atoms with E-state index in [0.717, 1.165) is 12.8 Å². The maximum atomic E-state index is 12.5. The molecule has 0 aliphatic carbocycles. The first-order valence-electron chi connectivity index (χ1n) is 11.9. The van der Waals surface area contributed by atoms with Gasteiger partial charge in [-0.1, -0.05) is 114 Å². The summed E-state index contributed by atoms with van der Waals surface area (Å²) in [6, 6.07) is 7.16. The number of nitrogens with one attached hydrogen (secondary N) is 1. The van der Waals surface area contributed by atoms with Crippen LogP contribution < -0.4 is 0 Å². The van der Waals surface area contributed by atoms with E-state index in [0.29, 0.717) is 22.8 Å². The molecule has 0 saturated carbocycles. The number of halogens is 1. The standard InChI is InChI=1S/C24H38ClN3O2S/c1-2-3-4-5-6-7-8-9-10-11-12-13-14-17-20-31(29,30)24-26-23(27-28-24)21-18-15-16-19-22(21)25/h15-16,18-19H,2-14,17,20H2,1H3,(H,26,27,28). The average Bonchev–Trinajstić information content (AvgIpc) is 3.25. The van der Waals surface area contributed by atoms with Gasteiger partial charge in [0, 0.05) is 5.56 Å². The Kier molecular flexibility index (Phi) is 12.2. The third-order valence-corrected chi connectivity index (χ3v) is 7.53. The topological polar surface area (TPSA) is 75.7 Å². The summed E-state index contributed by atoms with van der Waals surface area (Å²) in [6.45, 7) is 2.26. The molecule has 1 aromatic heterocycles. The molecule has 31 heavy (non-hydrogen) atoms. The lowest BCUT2D eigenvalue weighted by Crippen LogP contribution is -2.09. The summed E-state index contributed by atoms with van der Waals surface area (Å²) in [5.74, 6) is 0.468. The van der Waals surface area contributed by atoms with Crippen molar-refractivity contribution >= 4 is 21.4 Å². The summed E-state index contributed by atoms with van der Waals surface area (Å²) >= 11 is 6.15. The van der Waals surface area contributed by atoms with Crippen molar-refractivity contribution in [2.75, 3.05) is 5.75 Å². The number of unbranched alkanes of at least 4 members (excludes halogenated alkanes) is 13. The van der Waals surface area contributed by atoms with Crippen molar-refractivity contribution in [3.05, 3.63) is 29.3 Å². The highest BCUT2D eigenvalue weighted by molar-refractivity contribution is 7.91. The number of H-pyrrole nitrogens is 1. The van der Waals surface area contributed by atoms with Crippen LogP contribution in [0.3, 0.4) is 0 Å². The molecule has 0 spiro atoms. The molecule has 0 fully saturated rings. The summed E-state index contributed by atoms with van der Waals surface area (Å²) < 4.78 is 25.0. The number of benzene rings is 1. The Morgan fingerprint density at radius 3 is 1.87 bits per heavy atom. The van der Waals surface area contributed by atoms with E-state index in [1.54, 1.807) is 12.1 Å². The first-order chi connectivity index (χ1) is 15.0. The van der Waals surface area contributed by atoms with Gasteiger partial charge in [-0.2, -0.15) is 4.98 Å². The minimum atomic E-state index is -3.47. The smallest absolute Gasteiger partial charge is 0.258 e. The van der Waals surface area contributed by atoms with Gasteiger partial charge in [-0.15, -0.1) is 5.10 Å². The fourth-order valence-corrected chi connectivity index (χ4v) is 5.14. The summed E-state index contributed by atoms with van der Waals surface area (Å²) in [5.41, 5.74) is 0.648. The quantitative estimate of drug-likeness (QED) is 0.246. The van der Waals surface area contributed by atoms with E-state index in [1.807, 2.05) is 12.1 Å². The van der Waals surface area contributed by atoms with Crippen molar-refractivity contribution in [3.63, 3.8) is 0 Å². The lowest BCUT2D eigenvalue weighted by molar-refractivity contribution is 0.537. The Balaban J connectivity index is 1.55. The van der Waals surface area contributed by atoms with Gasteiger partial charge in [0.2, 0.25) is 9.84 Å². The van der Waals surface area contributed by atoms with Crippen molar-refractivity contribution < 1.29 is 8.42 Å². The highest BCUT2D eigenvalue weighted by Crippen LogP contribution is 2.25. The number of aromatic amines is 1. The molecule has 174 valence electrons. The van der Waals surface area contributed by atoms with Crippen molar-refractivity contribution in [2.45, 2.75) is 102 Å². The predicted molar refractivity (Wildman–Crippen MR) is 129 cm³/mol. The van der Waals surface area contributed by atoms with Gasteiger partial charge in [-0.25, -0.2) is 8.42 Å². The Morgan fingerprint density at radius 2 is 1.32 bits per heavy atom. The number of sulfone groups is 1. The van der Waals surface area contributed by atoms with Gasteiger partial charge < -0.3 is 0 Å². The SMILES string of the molecule is CCCCCCCCCCCCCCCCS(=O)(=O)c1n[nH]c(-c2ccccc2Cl)n1. The highest BCUT2D eigenvalue weighted by Gasteiger charge is 2.21. The van der Waals surface area contributed by atoms with Gasteiger partial charge >= 0.3 is 0 Å². The number of nitrogens with zero attached hydrogens (tertiary/aromatic N) is 2. The minimum absolute atomic E-state index is 0.0881. The van der Waals surface area contributed by atoms with Crippen molar-refractivity contribution in [2.24, 2.45) is 0 Å². The monoisotopic (exact) mass is 467 g/mol. The first-order valence-corrected chi connectivity index (χ1v) is 14.0. The van der Waals surface area contributed by atoms with E-state index >= 15 is 0 Å². The van der Waals surface area contributed by atoms with E-state index < -0.39 is 9.84 Å². The number of hydrogen-bond donors (Lipinski definition) is 1. The van der Waals surface area contributed by atoms with Crippen LogP contribution in [0.25, 0.3) is 11.4 Å². The molecule has 0 aliphatic heterocycles. The molecule has 2 aromatic rings. The largest absolute Gasteiger partial charge is 0.267 e. The molecule has 2 rings (SSSR count). The minimum Gasteiger partial charge on any atom is -0.258 e. The summed E-state index contributed by atoms with van der Waals surface area (Å²) in [4.78, 5) is 4.16. The molecule has 5 nitrogen and oxygen atoms in total. The van der Waals surface area contributed by atoms with Crippen LogP contribution in [0.1, 0.15) is 96.8 Å². The predicted octanol–water partition coefficient (Wildman–Crippen LogP) is 7.38. The third-order valence-electron chi connectivity index (χ3n) is 5.64. The van der Waals surface area contributed by atoms with Crippen LogP contribution in [-0.2, 0) is 9.84 Å². The van der Waals surface area contributed by atoms with E-state index in [9.17, 15) is 8.42 Å². The van der Waals surface area contributed by atoms with E-state index in [1.165, 1.54) is 70.6 Å². The van der Waals surface area contributed by atoms with Crippen molar-refractivity contribution in [3.8, 4) is 11.4 Å². The number of rotatable bonds is 17. The lowest BCUT2D eigenvalue weighted by Gasteiger charge is -2.03. The molecule has 0 amide bonds. The van der Waals surface area contributed by atoms with Gasteiger partial charge in [0.05, 0.1) is 10.8 Å². The van der Waals surface area contributed by atoms with Crippen LogP contribution in [-0.4, -0.2) is 29.4 Å². The summed E-state index contributed by atoms with van der Waals surface area (Å²) in [6.07, 6.45) is 17.3. The average molecular weight is 468 g/mol. The van der Waals surface area contributed by atoms with Gasteiger partial charge in [0.1, 0.15) is 0 Å². The Morgan fingerprint density at radius 1 is 0.806 bits per heavy atom. The zero-order valence-electron chi connectivity index (χ0n) is 18.9. The van der Waals surface area contributed by atoms with Crippen LogP contribution in [0.15, 0.2) is 29.4 Å². The van der Waals surface area contributed by atoms with Gasteiger partial charge in [0.15, 0.2) is 5.82 Å². The fraction of sp³-hybridized carbons (Fsp3) is 0.667. The molecule has 0 atom stereocenters. The number of hydrogen-bond acceptors (Lipinski definition) is 4. The van der Waals surface area contributed by atoms with Crippen molar-refractivity contribution in [1.82, 2.24) is 15.2 Å². The molecule has 7 heteroatoms. The second-order valence-corrected chi connectivity index (χ2v) is 10.8. The Bertz CT molecular complexity index is 852. The van der Waals surface area contributed by atoms with Crippen LogP contribution in [0.5, 0.6) is 0 Å². The Hall–Kier alpha value is -1.40. The maximum absolute atomic E-state index is 12.5. The molecular formula is C24H38ClN3O2S. The fourth-order valence-electron chi connectivity index (χ4n) is 3.74. The maximum Gasteiger partial charge on any atom is 0.267 e. The molecule has 0 saturated heterocycles. The number of aromatic nitrogens is 3. The lowest BCUT2D eigenvalue weighted by atomic mass is 10.0. The Labute approximate surface area is 193 Å². The zero-order chi connectivity index (χ0) is 22.4. The second kappa shape index (κ2) is 14.6. The third kappa shape index (κ3) is 9.73. The summed E-state index contributed by atoms with van der Waals surface area (Å²) in [7, 11) is -3.47. The molecule has 1 N–H and O–H groups in total. The first kappa shape index (κ1) is 25.9. The normalized spacial score (nSPS) is 11.8. The van der Waals surface area contributed by atoms with Crippen LogP contribution in [0, 0.1) is 0 Å². The second-order valence-electron chi connectivity index (χ2n) is 8.36. The van der Waals surface area contributed by atoms with Crippen LogP contribution >= 0.6 is 11.6 Å². The van der Waals surface area contributed by atoms with Crippen LogP contribution in [0.4, 0.5) is 0 Å². The van der Waals surface area contributed by atoms with Gasteiger partial charge in [-0.3, -0.25) is 5.10 Å². The van der Waals surface area contributed by atoms with E-state index in [4.69, 9.17) is 11.6 Å². The van der Waals surface area contributed by atoms with Crippen molar-refractivity contribution in [1.29, 1.82) is 0 Å².